The highest BCUT2D eigenvalue weighted by Crippen LogP contribution is 2.17. The molecule has 0 N–H and O–H groups in total. The van der Waals surface area contributed by atoms with Gasteiger partial charge in [0, 0.05) is 19.3 Å². The molecule has 0 aromatic rings. The third-order valence-corrected chi connectivity index (χ3v) is 12.0. The Balaban J connectivity index is 4.31. The van der Waals surface area contributed by atoms with E-state index < -0.39 is 6.10 Å². The molecule has 0 rings (SSSR count). The molecule has 0 aromatic carbocycles. The van der Waals surface area contributed by atoms with E-state index in [0.29, 0.717) is 19.3 Å². The monoisotopic (exact) mass is 835 g/mol. The molecule has 0 amide bonds. The Kier molecular flexibility index (Phi) is 46.2. The Morgan fingerprint density at radius 3 is 0.831 bits per heavy atom. The molecule has 6 heteroatoms. The van der Waals surface area contributed by atoms with Crippen LogP contribution in [0.1, 0.15) is 297 Å². The van der Waals surface area contributed by atoms with Crippen LogP contribution in [0.25, 0.3) is 0 Å². The van der Waals surface area contributed by atoms with Crippen LogP contribution in [0.15, 0.2) is 0 Å². The van der Waals surface area contributed by atoms with Crippen molar-refractivity contribution in [2.45, 2.75) is 303 Å². The van der Waals surface area contributed by atoms with Crippen molar-refractivity contribution in [2.75, 3.05) is 13.2 Å². The van der Waals surface area contributed by atoms with Crippen molar-refractivity contribution in [1.29, 1.82) is 0 Å². The van der Waals surface area contributed by atoms with Crippen molar-refractivity contribution >= 4 is 17.9 Å². The van der Waals surface area contributed by atoms with Gasteiger partial charge in [0.05, 0.1) is 0 Å². The number of carbonyl (C=O) groups excluding carboxylic acids is 3. The molecule has 0 saturated carbocycles. The Hall–Kier alpha value is -1.59. The van der Waals surface area contributed by atoms with Gasteiger partial charge in [-0.05, 0) is 25.2 Å². The van der Waals surface area contributed by atoms with Crippen LogP contribution in [0, 0.1) is 5.92 Å². The summed E-state index contributed by atoms with van der Waals surface area (Å²) in [6, 6.07) is 0. The lowest BCUT2D eigenvalue weighted by atomic mass is 10.0. The first kappa shape index (κ1) is 57.4. The van der Waals surface area contributed by atoms with Crippen molar-refractivity contribution in [3.05, 3.63) is 0 Å². The first-order valence-corrected chi connectivity index (χ1v) is 26.4. The summed E-state index contributed by atoms with van der Waals surface area (Å²) >= 11 is 0. The highest BCUT2D eigenvalue weighted by atomic mass is 16.6. The van der Waals surface area contributed by atoms with Gasteiger partial charge in [0.15, 0.2) is 6.10 Å². The van der Waals surface area contributed by atoms with Crippen molar-refractivity contribution in [3.8, 4) is 0 Å². The number of rotatable bonds is 48. The average Bonchev–Trinajstić information content (AvgIpc) is 3.22. The highest BCUT2D eigenvalue weighted by Gasteiger charge is 2.19. The van der Waals surface area contributed by atoms with E-state index in [2.05, 4.69) is 27.7 Å². The molecule has 0 heterocycles. The smallest absolute Gasteiger partial charge is 0.306 e. The van der Waals surface area contributed by atoms with E-state index in [1.54, 1.807) is 0 Å². The van der Waals surface area contributed by atoms with Crippen LogP contribution in [0.3, 0.4) is 0 Å². The molecule has 0 radical (unpaired) electrons. The molecule has 0 spiro atoms. The van der Waals surface area contributed by atoms with Crippen LogP contribution in [0.4, 0.5) is 0 Å². The molecular formula is C53H102O6. The SMILES string of the molecule is CCCCCCCCCCCCCCCCC(=O)OC[C@@H](COC(=O)CCCCCCCCCCCCCC(C)C)OC(=O)CCCCCCCCCCCCCCC. The molecule has 0 fully saturated rings. The van der Waals surface area contributed by atoms with Gasteiger partial charge in [-0.2, -0.15) is 0 Å². The summed E-state index contributed by atoms with van der Waals surface area (Å²) in [5.41, 5.74) is 0. The number of esters is 3. The fourth-order valence-corrected chi connectivity index (χ4v) is 8.04. The van der Waals surface area contributed by atoms with Gasteiger partial charge in [-0.25, -0.2) is 0 Å². The summed E-state index contributed by atoms with van der Waals surface area (Å²) in [4.78, 5) is 38.0. The summed E-state index contributed by atoms with van der Waals surface area (Å²) in [6.07, 6.45) is 49.4. The average molecular weight is 835 g/mol. The van der Waals surface area contributed by atoms with Crippen LogP contribution < -0.4 is 0 Å². The minimum absolute atomic E-state index is 0.0625. The molecule has 0 aliphatic rings. The normalized spacial score (nSPS) is 11.9. The second kappa shape index (κ2) is 47.5. The standard InChI is InChI=1S/C53H102O6/c1-5-7-9-11-13-15-17-19-21-24-28-32-36-40-44-51(54)57-47-50(59-53(56)46-42-38-34-30-25-20-18-16-14-12-10-8-6-2)48-58-52(55)45-41-37-33-29-26-22-23-27-31-35-39-43-49(3)4/h49-50H,5-48H2,1-4H3/t50-/m0/s1. The topological polar surface area (TPSA) is 78.9 Å². The lowest BCUT2D eigenvalue weighted by Crippen LogP contribution is -2.30. The molecular weight excluding hydrogens is 733 g/mol. The molecule has 1 atom stereocenters. The third-order valence-electron chi connectivity index (χ3n) is 12.0. The summed E-state index contributed by atoms with van der Waals surface area (Å²) < 4.78 is 16.8. The number of ether oxygens (including phenoxy) is 3. The summed E-state index contributed by atoms with van der Waals surface area (Å²) in [5, 5.41) is 0. The number of hydrogen-bond donors (Lipinski definition) is 0. The van der Waals surface area contributed by atoms with Gasteiger partial charge in [-0.1, -0.05) is 259 Å². The summed E-state index contributed by atoms with van der Waals surface area (Å²) in [6.45, 7) is 9.03. The van der Waals surface area contributed by atoms with Gasteiger partial charge < -0.3 is 14.2 Å². The van der Waals surface area contributed by atoms with Crippen LogP contribution in [0.2, 0.25) is 0 Å². The zero-order chi connectivity index (χ0) is 43.1. The molecule has 6 nitrogen and oxygen atoms in total. The molecule has 0 saturated heterocycles. The van der Waals surface area contributed by atoms with Gasteiger partial charge in [0.25, 0.3) is 0 Å². The fraction of sp³-hybridized carbons (Fsp3) is 0.943. The lowest BCUT2D eigenvalue weighted by molar-refractivity contribution is -0.167. The Labute approximate surface area is 368 Å². The number of hydrogen-bond acceptors (Lipinski definition) is 6. The van der Waals surface area contributed by atoms with E-state index in [-0.39, 0.29) is 31.1 Å². The second-order valence-electron chi connectivity index (χ2n) is 18.6. The Morgan fingerprint density at radius 1 is 0.322 bits per heavy atom. The largest absolute Gasteiger partial charge is 0.462 e. The molecule has 350 valence electrons. The van der Waals surface area contributed by atoms with Crippen LogP contribution in [-0.2, 0) is 28.6 Å². The van der Waals surface area contributed by atoms with Crippen molar-refractivity contribution in [3.63, 3.8) is 0 Å². The number of carbonyl (C=O) groups is 3. The zero-order valence-corrected chi connectivity index (χ0v) is 40.2. The summed E-state index contributed by atoms with van der Waals surface area (Å²) in [5.74, 6) is -0.0154. The Bertz CT molecular complexity index is 887. The minimum atomic E-state index is -0.760. The van der Waals surface area contributed by atoms with Crippen molar-refractivity contribution < 1.29 is 28.6 Å². The van der Waals surface area contributed by atoms with Crippen LogP contribution in [-0.4, -0.2) is 37.2 Å². The Morgan fingerprint density at radius 2 is 0.559 bits per heavy atom. The van der Waals surface area contributed by atoms with E-state index in [1.165, 1.54) is 193 Å². The first-order valence-electron chi connectivity index (χ1n) is 26.4. The first-order chi connectivity index (χ1) is 28.9. The molecule has 0 aliphatic heterocycles. The van der Waals surface area contributed by atoms with Gasteiger partial charge in [-0.15, -0.1) is 0 Å². The predicted octanol–water partition coefficient (Wildman–Crippen LogP) is 17.1. The van der Waals surface area contributed by atoms with Gasteiger partial charge in [0.1, 0.15) is 13.2 Å². The predicted molar refractivity (Wildman–Crippen MR) is 252 cm³/mol. The van der Waals surface area contributed by atoms with E-state index in [0.717, 1.165) is 63.7 Å². The van der Waals surface area contributed by atoms with Crippen LogP contribution >= 0.6 is 0 Å². The van der Waals surface area contributed by atoms with E-state index >= 15 is 0 Å². The maximum absolute atomic E-state index is 12.8. The minimum Gasteiger partial charge on any atom is -0.462 e. The van der Waals surface area contributed by atoms with Gasteiger partial charge >= 0.3 is 17.9 Å². The third kappa shape index (κ3) is 47.3. The molecule has 0 aliphatic carbocycles. The molecule has 0 aromatic heterocycles. The van der Waals surface area contributed by atoms with E-state index in [9.17, 15) is 14.4 Å². The summed E-state index contributed by atoms with van der Waals surface area (Å²) in [7, 11) is 0. The van der Waals surface area contributed by atoms with Crippen molar-refractivity contribution in [2.24, 2.45) is 5.92 Å². The molecule has 0 bridgehead atoms. The quantitative estimate of drug-likeness (QED) is 0.0345. The van der Waals surface area contributed by atoms with E-state index in [1.807, 2.05) is 0 Å². The maximum Gasteiger partial charge on any atom is 0.306 e. The van der Waals surface area contributed by atoms with Crippen LogP contribution in [0.5, 0.6) is 0 Å². The zero-order valence-electron chi connectivity index (χ0n) is 40.2. The van der Waals surface area contributed by atoms with Gasteiger partial charge in [-0.3, -0.25) is 14.4 Å². The molecule has 0 unspecified atom stereocenters. The number of unbranched alkanes of at least 4 members (excludes halogenated alkanes) is 35. The second-order valence-corrected chi connectivity index (χ2v) is 18.6. The highest BCUT2D eigenvalue weighted by molar-refractivity contribution is 5.71. The molecule has 59 heavy (non-hydrogen) atoms. The van der Waals surface area contributed by atoms with Crippen molar-refractivity contribution in [1.82, 2.24) is 0 Å². The fourth-order valence-electron chi connectivity index (χ4n) is 8.04. The maximum atomic E-state index is 12.8. The lowest BCUT2D eigenvalue weighted by Gasteiger charge is -2.18. The van der Waals surface area contributed by atoms with Gasteiger partial charge in [0.2, 0.25) is 0 Å². The van der Waals surface area contributed by atoms with E-state index in [4.69, 9.17) is 14.2 Å².